The highest BCUT2D eigenvalue weighted by atomic mass is 16.5. The molecule has 1 amide bonds. The van der Waals surface area contributed by atoms with E-state index in [-0.39, 0.29) is 5.91 Å². The van der Waals surface area contributed by atoms with E-state index in [2.05, 4.69) is 5.32 Å². The van der Waals surface area contributed by atoms with E-state index in [1.165, 1.54) is 7.11 Å². The maximum atomic E-state index is 12.5. The van der Waals surface area contributed by atoms with Gasteiger partial charge in [0.15, 0.2) is 11.5 Å². The minimum Gasteiger partial charge on any atom is -0.493 e. The molecular weight excluding hydrogens is 342 g/mol. The topological polar surface area (TPSA) is 56.8 Å². The van der Waals surface area contributed by atoms with Crippen molar-refractivity contribution in [3.05, 3.63) is 77.9 Å². The summed E-state index contributed by atoms with van der Waals surface area (Å²) in [4.78, 5) is 12.5. The summed E-state index contributed by atoms with van der Waals surface area (Å²) in [5.74, 6) is 2.36. The smallest absolute Gasteiger partial charge is 0.255 e. The van der Waals surface area contributed by atoms with Crippen molar-refractivity contribution < 1.29 is 19.0 Å². The molecule has 5 nitrogen and oxygen atoms in total. The number of hydrogen-bond acceptors (Lipinski definition) is 4. The summed E-state index contributed by atoms with van der Waals surface area (Å²) in [5.41, 5.74) is 2.21. The van der Waals surface area contributed by atoms with Crippen LogP contribution in [0.1, 0.15) is 15.9 Å². The van der Waals surface area contributed by atoms with Gasteiger partial charge in [0.1, 0.15) is 11.5 Å². The molecule has 0 unspecified atom stereocenters. The molecule has 0 heterocycles. The van der Waals surface area contributed by atoms with E-state index in [9.17, 15) is 4.79 Å². The minimum atomic E-state index is -0.233. The third kappa shape index (κ3) is 4.39. The SMILES string of the molecule is COc1ccc(C(=O)Nc2ccc(Oc3ccccc3C)cc2)cc1OC. The van der Waals surface area contributed by atoms with Gasteiger partial charge < -0.3 is 19.5 Å². The predicted octanol–water partition coefficient (Wildman–Crippen LogP) is 5.06. The van der Waals surface area contributed by atoms with Crippen molar-refractivity contribution in [3.63, 3.8) is 0 Å². The number of amides is 1. The molecule has 0 spiro atoms. The number of rotatable bonds is 6. The van der Waals surface area contributed by atoms with Gasteiger partial charge in [-0.15, -0.1) is 0 Å². The number of benzene rings is 3. The zero-order valence-corrected chi connectivity index (χ0v) is 15.5. The highest BCUT2D eigenvalue weighted by Gasteiger charge is 2.11. The van der Waals surface area contributed by atoms with Gasteiger partial charge in [0, 0.05) is 11.3 Å². The molecule has 3 rings (SSSR count). The van der Waals surface area contributed by atoms with Crippen LogP contribution in [0.25, 0.3) is 0 Å². The Hall–Kier alpha value is -3.47. The lowest BCUT2D eigenvalue weighted by Gasteiger charge is -2.11. The molecule has 27 heavy (non-hydrogen) atoms. The van der Waals surface area contributed by atoms with Crippen LogP contribution in [-0.2, 0) is 0 Å². The second-order valence-electron chi connectivity index (χ2n) is 5.92. The lowest BCUT2D eigenvalue weighted by atomic mass is 10.2. The molecular formula is C22H21NO4. The van der Waals surface area contributed by atoms with Crippen LogP contribution in [0.5, 0.6) is 23.0 Å². The van der Waals surface area contributed by atoms with Gasteiger partial charge >= 0.3 is 0 Å². The maximum absolute atomic E-state index is 12.5. The monoisotopic (exact) mass is 363 g/mol. The summed E-state index contributed by atoms with van der Waals surface area (Å²) in [6.07, 6.45) is 0. The Morgan fingerprint density at radius 1 is 0.815 bits per heavy atom. The molecule has 0 saturated heterocycles. The molecule has 0 bridgehead atoms. The molecule has 0 fully saturated rings. The fourth-order valence-corrected chi connectivity index (χ4v) is 2.58. The van der Waals surface area contributed by atoms with Crippen molar-refractivity contribution in [1.29, 1.82) is 0 Å². The number of ether oxygens (including phenoxy) is 3. The van der Waals surface area contributed by atoms with Crippen LogP contribution >= 0.6 is 0 Å². The largest absolute Gasteiger partial charge is 0.493 e. The van der Waals surface area contributed by atoms with Crippen molar-refractivity contribution >= 4 is 11.6 Å². The zero-order chi connectivity index (χ0) is 19.2. The number of hydrogen-bond donors (Lipinski definition) is 1. The highest BCUT2D eigenvalue weighted by Crippen LogP contribution is 2.28. The Labute approximate surface area is 158 Å². The van der Waals surface area contributed by atoms with E-state index in [1.807, 2.05) is 43.3 Å². The van der Waals surface area contributed by atoms with Gasteiger partial charge in [-0.05, 0) is 61.0 Å². The van der Waals surface area contributed by atoms with Crippen LogP contribution in [0.4, 0.5) is 5.69 Å². The van der Waals surface area contributed by atoms with Crippen LogP contribution in [0.3, 0.4) is 0 Å². The number of carbonyl (C=O) groups is 1. The number of para-hydroxylation sites is 1. The number of aryl methyl sites for hydroxylation is 1. The molecule has 5 heteroatoms. The minimum absolute atomic E-state index is 0.233. The number of anilines is 1. The van der Waals surface area contributed by atoms with Crippen molar-refractivity contribution in [2.24, 2.45) is 0 Å². The van der Waals surface area contributed by atoms with Crippen molar-refractivity contribution in [1.82, 2.24) is 0 Å². The summed E-state index contributed by atoms with van der Waals surface area (Å²) in [6, 6.07) is 20.1. The lowest BCUT2D eigenvalue weighted by Crippen LogP contribution is -2.12. The normalized spacial score (nSPS) is 10.2. The average molecular weight is 363 g/mol. The van der Waals surface area contributed by atoms with Crippen LogP contribution < -0.4 is 19.5 Å². The quantitative estimate of drug-likeness (QED) is 0.665. The standard InChI is InChI=1S/C22H21NO4/c1-15-6-4-5-7-19(15)27-18-11-9-17(10-12-18)23-22(24)16-8-13-20(25-2)21(14-16)26-3/h4-14H,1-3H3,(H,23,24). The first-order valence-corrected chi connectivity index (χ1v) is 8.47. The van der Waals surface area contributed by atoms with E-state index >= 15 is 0 Å². The first-order chi connectivity index (χ1) is 13.1. The fourth-order valence-electron chi connectivity index (χ4n) is 2.58. The van der Waals surface area contributed by atoms with Crippen molar-refractivity contribution in [3.8, 4) is 23.0 Å². The molecule has 0 aliphatic carbocycles. The Bertz CT molecular complexity index is 935. The van der Waals surface area contributed by atoms with Gasteiger partial charge in [-0.2, -0.15) is 0 Å². The van der Waals surface area contributed by atoms with Crippen LogP contribution in [-0.4, -0.2) is 20.1 Å². The molecule has 0 aliphatic heterocycles. The Morgan fingerprint density at radius 3 is 2.19 bits per heavy atom. The van der Waals surface area contributed by atoms with Crippen molar-refractivity contribution in [2.45, 2.75) is 6.92 Å². The molecule has 0 saturated carbocycles. The van der Waals surface area contributed by atoms with Gasteiger partial charge in [-0.1, -0.05) is 18.2 Å². The van der Waals surface area contributed by atoms with E-state index in [0.29, 0.717) is 28.5 Å². The maximum Gasteiger partial charge on any atom is 0.255 e. The second-order valence-corrected chi connectivity index (χ2v) is 5.92. The van der Waals surface area contributed by atoms with Crippen molar-refractivity contribution in [2.75, 3.05) is 19.5 Å². The summed E-state index contributed by atoms with van der Waals surface area (Å²) >= 11 is 0. The summed E-state index contributed by atoms with van der Waals surface area (Å²) in [5, 5.41) is 2.86. The average Bonchev–Trinajstić information content (AvgIpc) is 2.70. The van der Waals surface area contributed by atoms with Gasteiger partial charge in [0.2, 0.25) is 0 Å². The Morgan fingerprint density at radius 2 is 1.52 bits per heavy atom. The van der Waals surface area contributed by atoms with E-state index < -0.39 is 0 Å². The van der Waals surface area contributed by atoms with Gasteiger partial charge in [-0.25, -0.2) is 0 Å². The first kappa shape index (κ1) is 18.3. The van der Waals surface area contributed by atoms with E-state index in [0.717, 1.165) is 11.3 Å². The third-order valence-electron chi connectivity index (χ3n) is 4.08. The molecule has 0 aromatic heterocycles. The number of nitrogens with one attached hydrogen (secondary N) is 1. The summed E-state index contributed by atoms with van der Waals surface area (Å²) < 4.78 is 16.3. The summed E-state index contributed by atoms with van der Waals surface area (Å²) in [6.45, 7) is 1.99. The Kier molecular flexibility index (Phi) is 5.61. The predicted molar refractivity (Wildman–Crippen MR) is 105 cm³/mol. The molecule has 3 aromatic carbocycles. The molecule has 0 atom stereocenters. The third-order valence-corrected chi connectivity index (χ3v) is 4.08. The summed E-state index contributed by atoms with van der Waals surface area (Å²) in [7, 11) is 3.09. The zero-order valence-electron chi connectivity index (χ0n) is 15.5. The molecule has 138 valence electrons. The lowest BCUT2D eigenvalue weighted by molar-refractivity contribution is 0.102. The van der Waals surface area contributed by atoms with Crippen LogP contribution in [0.2, 0.25) is 0 Å². The molecule has 0 aliphatic rings. The molecule has 1 N–H and O–H groups in total. The molecule has 3 aromatic rings. The number of methoxy groups -OCH3 is 2. The van der Waals surface area contributed by atoms with Gasteiger partial charge in [0.25, 0.3) is 5.91 Å². The van der Waals surface area contributed by atoms with E-state index in [4.69, 9.17) is 14.2 Å². The van der Waals surface area contributed by atoms with Crippen LogP contribution in [0.15, 0.2) is 66.7 Å². The van der Waals surface area contributed by atoms with Crippen LogP contribution in [0, 0.1) is 6.92 Å². The fraction of sp³-hybridized carbons (Fsp3) is 0.136. The Balaban J connectivity index is 1.69. The van der Waals surface area contributed by atoms with Gasteiger partial charge in [0.05, 0.1) is 14.2 Å². The second kappa shape index (κ2) is 8.27. The van der Waals surface area contributed by atoms with Gasteiger partial charge in [-0.3, -0.25) is 4.79 Å². The molecule has 0 radical (unpaired) electrons. The number of carbonyl (C=O) groups excluding carboxylic acids is 1. The first-order valence-electron chi connectivity index (χ1n) is 8.47. The van der Waals surface area contributed by atoms with E-state index in [1.54, 1.807) is 37.4 Å². The highest BCUT2D eigenvalue weighted by molar-refractivity contribution is 6.04.